The van der Waals surface area contributed by atoms with Gasteiger partial charge in [0.15, 0.2) is 0 Å². The third-order valence-electron chi connectivity index (χ3n) is 4.99. The third-order valence-corrected chi connectivity index (χ3v) is 5.49. The quantitative estimate of drug-likeness (QED) is 0.360. The maximum atomic E-state index is 13.0. The van der Waals surface area contributed by atoms with Crippen molar-refractivity contribution in [3.63, 3.8) is 0 Å². The minimum Gasteiger partial charge on any atom is -0.507 e. The molecule has 1 heterocycles. The molecule has 1 N–H and O–H groups in total. The molecular formula is C24H27BrN2O4. The van der Waals surface area contributed by atoms with Crippen molar-refractivity contribution in [1.82, 2.24) is 9.80 Å². The lowest BCUT2D eigenvalue weighted by Crippen LogP contribution is -2.35. The van der Waals surface area contributed by atoms with Gasteiger partial charge in [-0.15, -0.1) is 0 Å². The number of rotatable bonds is 7. The average Bonchev–Trinajstić information content (AvgIpc) is 2.96. The average molecular weight is 487 g/mol. The highest BCUT2D eigenvalue weighted by Crippen LogP contribution is 2.40. The number of carbonyl (C=O) groups is 2. The molecule has 0 spiro atoms. The number of likely N-dealkylation sites (N-methyl/N-ethyl adjacent to an activating group) is 1. The molecule has 0 unspecified atom stereocenters. The van der Waals surface area contributed by atoms with Crippen molar-refractivity contribution in [2.45, 2.75) is 26.0 Å². The van der Waals surface area contributed by atoms with Crippen LogP contribution in [0.2, 0.25) is 0 Å². The SMILES string of the molecule is CC(C)Oc1ccc(C(O)=C2C(=O)C(=O)N(CCN(C)C)[C@@H]2c2cccc(Br)c2)cc1. The van der Waals surface area contributed by atoms with Crippen LogP contribution >= 0.6 is 15.9 Å². The lowest BCUT2D eigenvalue weighted by Gasteiger charge is -2.26. The van der Waals surface area contributed by atoms with Crippen LogP contribution in [-0.4, -0.2) is 59.9 Å². The number of ketones is 1. The normalized spacial score (nSPS) is 18.3. The molecule has 0 aliphatic carbocycles. The number of aliphatic hydroxyl groups is 1. The van der Waals surface area contributed by atoms with E-state index >= 15 is 0 Å². The Kier molecular flexibility index (Phi) is 7.18. The van der Waals surface area contributed by atoms with Crippen molar-refractivity contribution in [1.29, 1.82) is 0 Å². The van der Waals surface area contributed by atoms with Gasteiger partial charge in [-0.05, 0) is 69.9 Å². The number of halogens is 1. The number of likely N-dealkylation sites (tertiary alicyclic amines) is 1. The lowest BCUT2D eigenvalue weighted by molar-refractivity contribution is -0.140. The molecule has 6 nitrogen and oxygen atoms in total. The molecule has 1 saturated heterocycles. The van der Waals surface area contributed by atoms with E-state index < -0.39 is 17.7 Å². The summed E-state index contributed by atoms with van der Waals surface area (Å²) in [6, 6.07) is 13.7. The van der Waals surface area contributed by atoms with Gasteiger partial charge in [0.2, 0.25) is 0 Å². The first-order chi connectivity index (χ1) is 14.7. The molecule has 2 aromatic carbocycles. The van der Waals surface area contributed by atoms with Gasteiger partial charge in [0.05, 0.1) is 17.7 Å². The topological polar surface area (TPSA) is 70.1 Å². The van der Waals surface area contributed by atoms with Gasteiger partial charge in [0.1, 0.15) is 11.5 Å². The number of amides is 1. The number of ether oxygens (including phenoxy) is 1. The summed E-state index contributed by atoms with van der Waals surface area (Å²) in [6.07, 6.45) is 0.0259. The van der Waals surface area contributed by atoms with Gasteiger partial charge in [0, 0.05) is 23.1 Å². The Bertz CT molecular complexity index is 999. The first-order valence-corrected chi connectivity index (χ1v) is 10.9. The number of carbonyl (C=O) groups excluding carboxylic acids is 2. The largest absolute Gasteiger partial charge is 0.507 e. The van der Waals surface area contributed by atoms with E-state index in [4.69, 9.17) is 4.74 Å². The Morgan fingerprint density at radius 3 is 2.42 bits per heavy atom. The van der Waals surface area contributed by atoms with Crippen LogP contribution in [-0.2, 0) is 9.59 Å². The van der Waals surface area contributed by atoms with E-state index in [-0.39, 0.29) is 17.4 Å². The van der Waals surface area contributed by atoms with E-state index in [1.165, 1.54) is 4.90 Å². The number of hydrogen-bond acceptors (Lipinski definition) is 5. The second-order valence-corrected chi connectivity index (χ2v) is 8.96. The fourth-order valence-electron chi connectivity index (χ4n) is 3.56. The number of nitrogens with zero attached hydrogens (tertiary/aromatic N) is 2. The maximum absolute atomic E-state index is 13.0. The highest BCUT2D eigenvalue weighted by molar-refractivity contribution is 9.10. The molecule has 0 radical (unpaired) electrons. The molecule has 1 aliphatic rings. The number of aliphatic hydroxyl groups excluding tert-OH is 1. The van der Waals surface area contributed by atoms with Crippen LogP contribution in [0.3, 0.4) is 0 Å². The van der Waals surface area contributed by atoms with E-state index in [0.29, 0.717) is 24.4 Å². The van der Waals surface area contributed by atoms with Gasteiger partial charge in [-0.3, -0.25) is 9.59 Å². The zero-order chi connectivity index (χ0) is 22.7. The highest BCUT2D eigenvalue weighted by atomic mass is 79.9. The van der Waals surface area contributed by atoms with Crippen LogP contribution in [0.25, 0.3) is 5.76 Å². The monoisotopic (exact) mass is 486 g/mol. The number of hydrogen-bond donors (Lipinski definition) is 1. The zero-order valence-electron chi connectivity index (χ0n) is 18.1. The summed E-state index contributed by atoms with van der Waals surface area (Å²) in [7, 11) is 3.82. The molecule has 0 aromatic heterocycles. The van der Waals surface area contributed by atoms with Crippen molar-refractivity contribution in [3.8, 4) is 5.75 Å². The predicted molar refractivity (Wildman–Crippen MR) is 124 cm³/mol. The summed E-state index contributed by atoms with van der Waals surface area (Å²) in [5, 5.41) is 11.1. The minimum absolute atomic E-state index is 0.0259. The van der Waals surface area contributed by atoms with Crippen molar-refractivity contribution in [2.24, 2.45) is 0 Å². The Morgan fingerprint density at radius 1 is 1.16 bits per heavy atom. The van der Waals surface area contributed by atoms with Gasteiger partial charge in [-0.1, -0.05) is 28.1 Å². The predicted octanol–water partition coefficient (Wildman–Crippen LogP) is 4.22. The van der Waals surface area contributed by atoms with Crippen LogP contribution in [0.5, 0.6) is 5.75 Å². The number of benzene rings is 2. The van der Waals surface area contributed by atoms with Crippen molar-refractivity contribution in [3.05, 3.63) is 69.7 Å². The molecule has 0 bridgehead atoms. The molecule has 7 heteroatoms. The van der Waals surface area contributed by atoms with E-state index in [0.717, 1.165) is 10.0 Å². The zero-order valence-corrected chi connectivity index (χ0v) is 19.7. The second kappa shape index (κ2) is 9.66. The molecule has 3 rings (SSSR count). The molecule has 31 heavy (non-hydrogen) atoms. The van der Waals surface area contributed by atoms with Crippen LogP contribution in [0, 0.1) is 0 Å². The molecule has 1 amide bonds. The summed E-state index contributed by atoms with van der Waals surface area (Å²) in [5.74, 6) is -0.801. The van der Waals surface area contributed by atoms with Gasteiger partial charge < -0.3 is 19.6 Å². The van der Waals surface area contributed by atoms with Crippen molar-refractivity contribution < 1.29 is 19.4 Å². The van der Waals surface area contributed by atoms with Gasteiger partial charge in [-0.25, -0.2) is 0 Å². The summed E-state index contributed by atoms with van der Waals surface area (Å²) < 4.78 is 6.48. The van der Waals surface area contributed by atoms with E-state index in [1.807, 2.05) is 57.1 Å². The second-order valence-electron chi connectivity index (χ2n) is 8.04. The molecule has 1 atom stereocenters. The van der Waals surface area contributed by atoms with E-state index in [9.17, 15) is 14.7 Å². The molecule has 164 valence electrons. The Hall–Kier alpha value is -2.64. The fourth-order valence-corrected chi connectivity index (χ4v) is 3.98. The van der Waals surface area contributed by atoms with Crippen LogP contribution in [0.4, 0.5) is 0 Å². The summed E-state index contributed by atoms with van der Waals surface area (Å²) >= 11 is 3.46. The fraction of sp³-hybridized carbons (Fsp3) is 0.333. The van der Waals surface area contributed by atoms with E-state index in [1.54, 1.807) is 24.3 Å². The molecular weight excluding hydrogens is 460 g/mol. The highest BCUT2D eigenvalue weighted by Gasteiger charge is 2.45. The molecule has 1 aliphatic heterocycles. The summed E-state index contributed by atoms with van der Waals surface area (Å²) in [4.78, 5) is 29.4. The van der Waals surface area contributed by atoms with E-state index in [2.05, 4.69) is 15.9 Å². The van der Waals surface area contributed by atoms with Crippen LogP contribution < -0.4 is 4.74 Å². The standard InChI is InChI=1S/C24H27BrN2O4/c1-15(2)31-19-10-8-16(9-11-19)22(28)20-21(17-6-5-7-18(25)14-17)27(13-12-26(3)4)24(30)23(20)29/h5-11,14-15,21,28H,12-13H2,1-4H3/t21-/m1/s1. The van der Waals surface area contributed by atoms with Gasteiger partial charge in [0.25, 0.3) is 11.7 Å². The Balaban J connectivity index is 2.08. The van der Waals surface area contributed by atoms with Crippen molar-refractivity contribution in [2.75, 3.05) is 27.2 Å². The lowest BCUT2D eigenvalue weighted by atomic mass is 9.95. The molecule has 2 aromatic rings. The Labute approximate surface area is 191 Å². The van der Waals surface area contributed by atoms with Gasteiger partial charge >= 0.3 is 0 Å². The van der Waals surface area contributed by atoms with Crippen LogP contribution in [0.1, 0.15) is 31.0 Å². The third kappa shape index (κ3) is 5.17. The molecule has 0 saturated carbocycles. The van der Waals surface area contributed by atoms with Crippen molar-refractivity contribution >= 4 is 33.4 Å². The maximum Gasteiger partial charge on any atom is 0.295 e. The van der Waals surface area contributed by atoms with Gasteiger partial charge in [-0.2, -0.15) is 0 Å². The Morgan fingerprint density at radius 2 is 1.84 bits per heavy atom. The van der Waals surface area contributed by atoms with Crippen LogP contribution in [0.15, 0.2) is 58.6 Å². The first kappa shape index (κ1) is 23.0. The summed E-state index contributed by atoms with van der Waals surface area (Å²) in [5.41, 5.74) is 1.31. The minimum atomic E-state index is -0.677. The summed E-state index contributed by atoms with van der Waals surface area (Å²) in [6.45, 7) is 4.83. The molecule has 1 fully saturated rings. The number of Topliss-reactive ketones (excluding diaryl/α,β-unsaturated/α-hetero) is 1. The first-order valence-electron chi connectivity index (χ1n) is 10.1. The smallest absolute Gasteiger partial charge is 0.295 e.